The minimum atomic E-state index is -3.79. The topological polar surface area (TPSA) is 84.3 Å². The number of carbonyl (C=O) groups is 1. The lowest BCUT2D eigenvalue weighted by atomic mass is 10.1. The molecule has 1 amide bonds. The van der Waals surface area contributed by atoms with Crippen LogP contribution in [0.15, 0.2) is 47.4 Å². The molecular weight excluding hydrogens is 448 g/mol. The molecule has 1 N–H and O–H groups in total. The van der Waals surface area contributed by atoms with Gasteiger partial charge in [-0.05, 0) is 70.7 Å². The maximum Gasteiger partial charge on any atom is 0.244 e. The maximum atomic E-state index is 13.6. The minimum Gasteiger partial charge on any atom is -0.350 e. The lowest BCUT2D eigenvalue weighted by Gasteiger charge is -2.25. The van der Waals surface area contributed by atoms with Crippen LogP contribution in [0.4, 0.5) is 0 Å². The van der Waals surface area contributed by atoms with Gasteiger partial charge in [0.2, 0.25) is 15.9 Å². The first kappa shape index (κ1) is 24.2. The number of nitrogens with one attached hydrogen (secondary N) is 1. The Morgan fingerprint density at radius 1 is 1.06 bits per heavy atom. The van der Waals surface area contributed by atoms with Gasteiger partial charge in [0.05, 0.1) is 16.3 Å². The lowest BCUT2D eigenvalue weighted by Crippen LogP contribution is -2.46. The third-order valence-electron chi connectivity index (χ3n) is 6.56. The standard InChI is InChI=1S/C26H32N4O3S/c1-17-14-18(2)25(19(3)15-17)34(32,33)29-13-9-12-24(29)26(31)27-16-23-20(4)28-30(21(23)5)22-10-7-6-8-11-22/h6-8,10-11,14-15,24H,9,12-13,16H2,1-5H3,(H,27,31). The minimum absolute atomic E-state index is 0.269. The quantitative estimate of drug-likeness (QED) is 0.580. The molecule has 34 heavy (non-hydrogen) atoms. The van der Waals surface area contributed by atoms with Gasteiger partial charge in [0.25, 0.3) is 0 Å². The van der Waals surface area contributed by atoms with Crippen LogP contribution in [0, 0.1) is 34.6 Å². The van der Waals surface area contributed by atoms with E-state index in [2.05, 4.69) is 10.4 Å². The summed E-state index contributed by atoms with van der Waals surface area (Å²) in [5.41, 5.74) is 6.12. The number of amides is 1. The number of nitrogens with zero attached hydrogens (tertiary/aromatic N) is 3. The van der Waals surface area contributed by atoms with Crippen molar-refractivity contribution in [3.8, 4) is 5.69 Å². The molecule has 180 valence electrons. The number of sulfonamides is 1. The monoisotopic (exact) mass is 480 g/mol. The van der Waals surface area contributed by atoms with Crippen LogP contribution in [0.2, 0.25) is 0 Å². The van der Waals surface area contributed by atoms with Gasteiger partial charge >= 0.3 is 0 Å². The number of hydrogen-bond acceptors (Lipinski definition) is 4. The Hall–Kier alpha value is -2.97. The molecule has 1 aliphatic heterocycles. The summed E-state index contributed by atoms with van der Waals surface area (Å²) < 4.78 is 30.4. The summed E-state index contributed by atoms with van der Waals surface area (Å²) in [6.45, 7) is 10.1. The summed E-state index contributed by atoms with van der Waals surface area (Å²) in [7, 11) is -3.79. The van der Waals surface area contributed by atoms with Crippen molar-refractivity contribution in [3.05, 3.63) is 76.1 Å². The number of hydrogen-bond donors (Lipinski definition) is 1. The van der Waals surface area contributed by atoms with Crippen molar-refractivity contribution in [2.75, 3.05) is 6.54 Å². The molecule has 0 aliphatic carbocycles. The zero-order chi connectivity index (χ0) is 24.6. The van der Waals surface area contributed by atoms with Crippen LogP contribution >= 0.6 is 0 Å². The highest BCUT2D eigenvalue weighted by molar-refractivity contribution is 7.89. The van der Waals surface area contributed by atoms with Crippen molar-refractivity contribution >= 4 is 15.9 Å². The zero-order valence-corrected chi connectivity index (χ0v) is 21.2. The first-order valence-electron chi connectivity index (χ1n) is 11.6. The van der Waals surface area contributed by atoms with Gasteiger partial charge in [-0.2, -0.15) is 9.40 Å². The second-order valence-corrected chi connectivity index (χ2v) is 10.9. The fourth-order valence-corrected chi connectivity index (χ4v) is 7.10. The molecule has 8 heteroatoms. The Labute approximate surface area is 201 Å². The third kappa shape index (κ3) is 4.40. The summed E-state index contributed by atoms with van der Waals surface area (Å²) in [6.07, 6.45) is 1.17. The molecule has 0 saturated carbocycles. The van der Waals surface area contributed by atoms with Crippen LogP contribution in [0.25, 0.3) is 5.69 Å². The van der Waals surface area contributed by atoms with Gasteiger partial charge in [0.15, 0.2) is 0 Å². The van der Waals surface area contributed by atoms with Gasteiger partial charge in [-0.3, -0.25) is 4.79 Å². The molecule has 2 aromatic carbocycles. The van der Waals surface area contributed by atoms with E-state index in [4.69, 9.17) is 0 Å². The summed E-state index contributed by atoms with van der Waals surface area (Å²) in [5, 5.41) is 7.62. The average molecular weight is 481 g/mol. The van der Waals surface area contributed by atoms with E-state index in [1.165, 1.54) is 4.31 Å². The fourth-order valence-electron chi connectivity index (χ4n) is 5.03. The van der Waals surface area contributed by atoms with E-state index in [1.807, 2.05) is 81.8 Å². The molecule has 1 aromatic heterocycles. The molecule has 4 rings (SSSR count). The number of aryl methyl sites for hydroxylation is 4. The number of aromatic nitrogens is 2. The Balaban J connectivity index is 1.54. The van der Waals surface area contributed by atoms with Gasteiger partial charge in [-0.15, -0.1) is 0 Å². The first-order valence-corrected chi connectivity index (χ1v) is 13.0. The number of carbonyl (C=O) groups excluding carboxylic acids is 1. The van der Waals surface area contributed by atoms with Crippen LogP contribution in [-0.2, 0) is 21.4 Å². The Morgan fingerprint density at radius 3 is 2.35 bits per heavy atom. The van der Waals surface area contributed by atoms with Crippen molar-refractivity contribution in [1.29, 1.82) is 0 Å². The smallest absolute Gasteiger partial charge is 0.244 e. The summed E-state index contributed by atoms with van der Waals surface area (Å²) in [6, 6.07) is 12.9. The molecule has 1 unspecified atom stereocenters. The lowest BCUT2D eigenvalue weighted by molar-refractivity contribution is -0.124. The zero-order valence-electron chi connectivity index (χ0n) is 20.4. The number of benzene rings is 2. The van der Waals surface area contributed by atoms with Crippen molar-refractivity contribution in [3.63, 3.8) is 0 Å². The molecule has 0 bridgehead atoms. The predicted molar refractivity (Wildman–Crippen MR) is 132 cm³/mol. The maximum absolute atomic E-state index is 13.6. The first-order chi connectivity index (χ1) is 16.1. The molecule has 7 nitrogen and oxygen atoms in total. The molecular formula is C26H32N4O3S. The van der Waals surface area contributed by atoms with Gasteiger partial charge in [-0.1, -0.05) is 35.9 Å². The molecule has 1 aliphatic rings. The fraction of sp³-hybridized carbons (Fsp3) is 0.385. The number of rotatable bonds is 6. The van der Waals surface area contributed by atoms with Crippen molar-refractivity contribution in [2.45, 2.75) is 64.9 Å². The van der Waals surface area contributed by atoms with Gasteiger partial charge < -0.3 is 5.32 Å². The second kappa shape index (κ2) is 9.35. The largest absolute Gasteiger partial charge is 0.350 e. The number of para-hydroxylation sites is 1. The van der Waals surface area contributed by atoms with E-state index >= 15 is 0 Å². The van der Waals surface area contributed by atoms with E-state index in [1.54, 1.807) is 0 Å². The second-order valence-electron chi connectivity index (χ2n) is 9.12. The summed E-state index contributed by atoms with van der Waals surface area (Å²) in [4.78, 5) is 13.5. The van der Waals surface area contributed by atoms with Crippen LogP contribution in [0.5, 0.6) is 0 Å². The van der Waals surface area contributed by atoms with E-state index in [0.29, 0.717) is 42.0 Å². The Morgan fingerprint density at radius 2 is 1.71 bits per heavy atom. The van der Waals surface area contributed by atoms with Crippen LogP contribution in [0.3, 0.4) is 0 Å². The molecule has 0 radical (unpaired) electrons. The highest BCUT2D eigenvalue weighted by Crippen LogP contribution is 2.31. The van der Waals surface area contributed by atoms with Gasteiger partial charge in [0, 0.05) is 24.3 Å². The SMILES string of the molecule is Cc1cc(C)c(S(=O)(=O)N2CCCC2C(=O)NCc2c(C)nn(-c3ccccc3)c2C)c(C)c1. The van der Waals surface area contributed by atoms with E-state index in [-0.39, 0.29) is 5.91 Å². The predicted octanol–water partition coefficient (Wildman–Crippen LogP) is 3.88. The van der Waals surface area contributed by atoms with Gasteiger partial charge in [-0.25, -0.2) is 13.1 Å². The Kier molecular flexibility index (Phi) is 6.64. The van der Waals surface area contributed by atoms with Crippen molar-refractivity contribution in [2.24, 2.45) is 0 Å². The van der Waals surface area contributed by atoms with E-state index in [9.17, 15) is 13.2 Å². The van der Waals surface area contributed by atoms with Gasteiger partial charge in [0.1, 0.15) is 6.04 Å². The highest BCUT2D eigenvalue weighted by Gasteiger charge is 2.40. The molecule has 3 aromatic rings. The highest BCUT2D eigenvalue weighted by atomic mass is 32.2. The van der Waals surface area contributed by atoms with Crippen LogP contribution in [-0.4, -0.2) is 41.0 Å². The molecule has 2 heterocycles. The van der Waals surface area contributed by atoms with Crippen LogP contribution < -0.4 is 5.32 Å². The Bertz CT molecular complexity index is 1310. The van der Waals surface area contributed by atoms with E-state index in [0.717, 1.165) is 28.2 Å². The summed E-state index contributed by atoms with van der Waals surface area (Å²) in [5.74, 6) is -0.269. The summed E-state index contributed by atoms with van der Waals surface area (Å²) >= 11 is 0. The van der Waals surface area contributed by atoms with Crippen molar-refractivity contribution < 1.29 is 13.2 Å². The average Bonchev–Trinajstić information content (AvgIpc) is 3.37. The van der Waals surface area contributed by atoms with Crippen molar-refractivity contribution in [1.82, 2.24) is 19.4 Å². The van der Waals surface area contributed by atoms with Crippen LogP contribution in [0.1, 0.15) is 46.5 Å². The molecule has 1 saturated heterocycles. The molecule has 1 fully saturated rings. The molecule has 1 atom stereocenters. The molecule has 0 spiro atoms. The third-order valence-corrected chi connectivity index (χ3v) is 8.77. The normalized spacial score (nSPS) is 16.7. The van der Waals surface area contributed by atoms with E-state index < -0.39 is 16.1 Å².